The van der Waals surface area contributed by atoms with Crippen molar-refractivity contribution in [3.63, 3.8) is 0 Å². The van der Waals surface area contributed by atoms with Gasteiger partial charge in [-0.3, -0.25) is 0 Å². The predicted octanol–water partition coefficient (Wildman–Crippen LogP) is 2.39. The van der Waals surface area contributed by atoms with Crippen molar-refractivity contribution in [2.45, 2.75) is 12.8 Å². The summed E-state index contributed by atoms with van der Waals surface area (Å²) in [6.45, 7) is 5.52. The number of phenols is 2. The molecule has 0 radical (unpaired) electrons. The van der Waals surface area contributed by atoms with E-state index in [1.54, 1.807) is 12.1 Å². The van der Waals surface area contributed by atoms with E-state index in [1.165, 1.54) is 12.1 Å². The minimum Gasteiger partial charge on any atom is -0.508 e. The van der Waals surface area contributed by atoms with Crippen LogP contribution in [0.5, 0.6) is 11.5 Å². The summed E-state index contributed by atoms with van der Waals surface area (Å²) < 4.78 is 0. The van der Waals surface area contributed by atoms with Crippen molar-refractivity contribution in [1.29, 1.82) is 0 Å². The molecule has 0 heterocycles. The number of aromatic hydroxyl groups is 2. The van der Waals surface area contributed by atoms with E-state index in [4.69, 9.17) is 5.11 Å². The highest BCUT2D eigenvalue weighted by molar-refractivity contribution is 5.41. The van der Waals surface area contributed by atoms with Crippen molar-refractivity contribution in [1.82, 2.24) is 0 Å². The van der Waals surface area contributed by atoms with Gasteiger partial charge in [-0.15, -0.1) is 6.58 Å². The lowest BCUT2D eigenvalue weighted by atomic mass is 10.0. The van der Waals surface area contributed by atoms with Crippen LogP contribution in [0.25, 0.3) is 0 Å². The van der Waals surface area contributed by atoms with Gasteiger partial charge in [0.1, 0.15) is 11.5 Å². The van der Waals surface area contributed by atoms with Crippen LogP contribution in [-0.4, -0.2) is 10.2 Å². The zero-order valence-electron chi connectivity index (χ0n) is 6.99. The van der Waals surface area contributed by atoms with Gasteiger partial charge in [0, 0.05) is 11.5 Å². The van der Waals surface area contributed by atoms with Crippen LogP contribution in [0.3, 0.4) is 0 Å². The second-order valence-corrected chi connectivity index (χ2v) is 2.77. The highest BCUT2D eigenvalue weighted by atomic mass is 16.3. The van der Waals surface area contributed by atoms with Gasteiger partial charge in [-0.1, -0.05) is 13.0 Å². The third kappa shape index (κ3) is 1.59. The summed E-state index contributed by atoms with van der Waals surface area (Å²) in [4.78, 5) is 0. The summed E-state index contributed by atoms with van der Waals surface area (Å²) in [5.41, 5.74) is 0.699. The van der Waals surface area contributed by atoms with E-state index in [1.807, 2.05) is 6.92 Å². The van der Waals surface area contributed by atoms with Gasteiger partial charge in [-0.25, -0.2) is 0 Å². The minimum absolute atomic E-state index is 0.0529. The van der Waals surface area contributed by atoms with Gasteiger partial charge in [0.25, 0.3) is 0 Å². The number of rotatable bonds is 2. The van der Waals surface area contributed by atoms with Crippen molar-refractivity contribution < 1.29 is 10.2 Å². The summed E-state index contributed by atoms with van der Waals surface area (Å²) in [6, 6.07) is 4.47. The van der Waals surface area contributed by atoms with Gasteiger partial charge in [-0.2, -0.15) is 0 Å². The number of hydrogen-bond acceptors (Lipinski definition) is 2. The van der Waals surface area contributed by atoms with Gasteiger partial charge in [0.05, 0.1) is 0 Å². The molecule has 0 aromatic heterocycles. The largest absolute Gasteiger partial charge is 0.508 e. The zero-order valence-corrected chi connectivity index (χ0v) is 6.99. The lowest BCUT2D eigenvalue weighted by Gasteiger charge is -2.08. The maximum absolute atomic E-state index is 9.38. The molecule has 64 valence electrons. The number of phenolic OH excluding ortho intramolecular Hbond substituents is 2. The summed E-state index contributed by atoms with van der Waals surface area (Å²) in [5.74, 6) is 0.411. The molecule has 2 N–H and O–H groups in total. The minimum atomic E-state index is 0.0529. The van der Waals surface area contributed by atoms with Crippen LogP contribution in [0, 0.1) is 0 Å². The predicted molar refractivity (Wildman–Crippen MR) is 48.4 cm³/mol. The van der Waals surface area contributed by atoms with Crippen LogP contribution in [0.2, 0.25) is 0 Å². The van der Waals surface area contributed by atoms with E-state index in [-0.39, 0.29) is 17.4 Å². The van der Waals surface area contributed by atoms with Gasteiger partial charge >= 0.3 is 0 Å². The van der Waals surface area contributed by atoms with Crippen molar-refractivity contribution >= 4 is 0 Å². The van der Waals surface area contributed by atoms with E-state index >= 15 is 0 Å². The fourth-order valence-corrected chi connectivity index (χ4v) is 1.03. The van der Waals surface area contributed by atoms with Crippen LogP contribution in [-0.2, 0) is 0 Å². The molecule has 2 nitrogen and oxygen atoms in total. The van der Waals surface area contributed by atoms with E-state index in [2.05, 4.69) is 6.58 Å². The molecule has 1 aromatic carbocycles. The maximum Gasteiger partial charge on any atom is 0.119 e. The second kappa shape index (κ2) is 3.30. The first kappa shape index (κ1) is 8.65. The Bertz CT molecular complexity index is 292. The Morgan fingerprint density at radius 2 is 2.08 bits per heavy atom. The Kier molecular flexibility index (Phi) is 2.38. The number of hydrogen-bond donors (Lipinski definition) is 2. The zero-order chi connectivity index (χ0) is 9.14. The normalized spacial score (nSPS) is 12.4. The van der Waals surface area contributed by atoms with E-state index in [0.717, 1.165) is 0 Å². The van der Waals surface area contributed by atoms with Crippen molar-refractivity contribution in [2.24, 2.45) is 0 Å². The molecule has 12 heavy (non-hydrogen) atoms. The fraction of sp³-hybridized carbons (Fsp3) is 0.200. The van der Waals surface area contributed by atoms with Crippen molar-refractivity contribution in [2.75, 3.05) is 0 Å². The molecule has 0 amide bonds. The average molecular weight is 164 g/mol. The summed E-state index contributed by atoms with van der Waals surface area (Å²) in [5, 5.41) is 18.5. The van der Waals surface area contributed by atoms with E-state index in [0.29, 0.717) is 5.56 Å². The third-order valence-corrected chi connectivity index (χ3v) is 1.86. The first-order chi connectivity index (χ1) is 5.65. The van der Waals surface area contributed by atoms with Crippen LogP contribution in [0.15, 0.2) is 30.9 Å². The van der Waals surface area contributed by atoms with E-state index in [9.17, 15) is 5.11 Å². The van der Waals surface area contributed by atoms with Crippen LogP contribution < -0.4 is 0 Å². The smallest absolute Gasteiger partial charge is 0.119 e. The molecular weight excluding hydrogens is 152 g/mol. The van der Waals surface area contributed by atoms with Crippen molar-refractivity contribution in [3.05, 3.63) is 36.4 Å². The standard InChI is InChI=1S/C10H12O2/c1-3-7(2)9-6-8(11)4-5-10(9)12/h3-7,11-12H,1H2,2H3. The van der Waals surface area contributed by atoms with Crippen molar-refractivity contribution in [3.8, 4) is 11.5 Å². The van der Waals surface area contributed by atoms with Crippen LogP contribution in [0.4, 0.5) is 0 Å². The van der Waals surface area contributed by atoms with E-state index < -0.39 is 0 Å². The monoisotopic (exact) mass is 164 g/mol. The Morgan fingerprint density at radius 1 is 1.42 bits per heavy atom. The maximum atomic E-state index is 9.38. The molecule has 1 aromatic rings. The topological polar surface area (TPSA) is 40.5 Å². The van der Waals surface area contributed by atoms with Crippen LogP contribution in [0.1, 0.15) is 18.4 Å². The Hall–Kier alpha value is -1.44. The molecule has 2 heteroatoms. The number of benzene rings is 1. The first-order valence-electron chi connectivity index (χ1n) is 3.79. The van der Waals surface area contributed by atoms with Gasteiger partial charge < -0.3 is 10.2 Å². The SMILES string of the molecule is C=CC(C)c1cc(O)ccc1O. The third-order valence-electron chi connectivity index (χ3n) is 1.86. The Labute approximate surface area is 71.8 Å². The molecule has 0 aliphatic heterocycles. The summed E-state index contributed by atoms with van der Waals surface area (Å²) >= 11 is 0. The molecule has 0 aliphatic rings. The molecule has 0 spiro atoms. The molecule has 0 fully saturated rings. The molecule has 0 aliphatic carbocycles. The highest BCUT2D eigenvalue weighted by Gasteiger charge is 2.06. The Balaban J connectivity index is 3.12. The molecule has 1 unspecified atom stereocenters. The number of allylic oxidation sites excluding steroid dienone is 1. The molecular formula is C10H12O2. The van der Waals surface area contributed by atoms with Gasteiger partial charge in [0.15, 0.2) is 0 Å². The Morgan fingerprint density at radius 3 is 2.67 bits per heavy atom. The molecule has 0 bridgehead atoms. The summed E-state index contributed by atoms with van der Waals surface area (Å²) in [6.07, 6.45) is 1.72. The average Bonchev–Trinajstić information content (AvgIpc) is 2.08. The van der Waals surface area contributed by atoms with Gasteiger partial charge in [-0.05, 0) is 18.2 Å². The second-order valence-electron chi connectivity index (χ2n) is 2.77. The molecule has 1 atom stereocenters. The molecule has 0 saturated carbocycles. The first-order valence-corrected chi connectivity index (χ1v) is 3.79. The summed E-state index contributed by atoms with van der Waals surface area (Å²) in [7, 11) is 0. The fourth-order valence-electron chi connectivity index (χ4n) is 1.03. The highest BCUT2D eigenvalue weighted by Crippen LogP contribution is 2.29. The van der Waals surface area contributed by atoms with Crippen LogP contribution >= 0.6 is 0 Å². The molecule has 1 rings (SSSR count). The quantitative estimate of drug-likeness (QED) is 0.520. The van der Waals surface area contributed by atoms with Gasteiger partial charge in [0.2, 0.25) is 0 Å². The lowest BCUT2D eigenvalue weighted by Crippen LogP contribution is -1.88. The molecule has 0 saturated heterocycles. The lowest BCUT2D eigenvalue weighted by molar-refractivity contribution is 0.453.